The van der Waals surface area contributed by atoms with Crippen LogP contribution in [0.4, 0.5) is 4.79 Å². The van der Waals surface area contributed by atoms with Gasteiger partial charge in [-0.15, -0.1) is 0 Å². The van der Waals surface area contributed by atoms with Crippen molar-refractivity contribution in [1.82, 2.24) is 9.27 Å². The van der Waals surface area contributed by atoms with Crippen molar-refractivity contribution in [3.05, 3.63) is 17.1 Å². The van der Waals surface area contributed by atoms with Gasteiger partial charge < -0.3 is 20.5 Å². The van der Waals surface area contributed by atoms with Crippen LogP contribution in [0, 0.1) is 5.92 Å². The van der Waals surface area contributed by atoms with E-state index < -0.39 is 17.2 Å². The molecule has 0 saturated carbocycles. The number of carbonyl (C=O) groups is 1. The van der Waals surface area contributed by atoms with Crippen molar-refractivity contribution in [2.24, 2.45) is 11.7 Å². The highest BCUT2D eigenvalue weighted by Crippen LogP contribution is 2.36. The number of hydrogen-bond acceptors (Lipinski definition) is 6. The molecule has 0 aromatic carbocycles. The zero-order valence-electron chi connectivity index (χ0n) is 12.0. The molecule has 0 bridgehead atoms. The van der Waals surface area contributed by atoms with Gasteiger partial charge in [-0.05, 0) is 38.4 Å². The fraction of sp³-hybridized carbons (Fsp3) is 0.692. The SMILES string of the molecule is CC(C)(C)OC(=O)N1CC(CO)C(N)(c2ccns2)C1. The molecule has 20 heavy (non-hydrogen) atoms. The van der Waals surface area contributed by atoms with Crippen LogP contribution in [0.15, 0.2) is 12.3 Å². The Balaban J connectivity index is 2.16. The summed E-state index contributed by atoms with van der Waals surface area (Å²) in [5.41, 5.74) is 5.13. The third kappa shape index (κ3) is 2.94. The van der Waals surface area contributed by atoms with Crippen LogP contribution in [-0.2, 0) is 10.3 Å². The molecule has 1 amide bonds. The van der Waals surface area contributed by atoms with E-state index in [-0.39, 0.29) is 12.5 Å². The second-order valence-corrected chi connectivity index (χ2v) is 6.99. The average molecular weight is 299 g/mol. The molecule has 2 heterocycles. The molecule has 2 rings (SSSR count). The normalized spacial score (nSPS) is 26.9. The smallest absolute Gasteiger partial charge is 0.410 e. The van der Waals surface area contributed by atoms with Crippen LogP contribution in [0.1, 0.15) is 25.6 Å². The van der Waals surface area contributed by atoms with Gasteiger partial charge in [-0.25, -0.2) is 9.17 Å². The van der Waals surface area contributed by atoms with Gasteiger partial charge in [-0.3, -0.25) is 0 Å². The maximum absolute atomic E-state index is 12.1. The Kier molecular flexibility index (Phi) is 4.04. The van der Waals surface area contributed by atoms with Crippen molar-refractivity contribution in [2.45, 2.75) is 31.9 Å². The summed E-state index contributed by atoms with van der Waals surface area (Å²) in [5.74, 6) is -0.213. The Morgan fingerprint density at radius 3 is 2.90 bits per heavy atom. The number of rotatable bonds is 2. The summed E-state index contributed by atoms with van der Waals surface area (Å²) >= 11 is 1.30. The predicted molar refractivity (Wildman–Crippen MR) is 76.4 cm³/mol. The second-order valence-electron chi connectivity index (χ2n) is 6.16. The van der Waals surface area contributed by atoms with Gasteiger partial charge in [0, 0.05) is 36.7 Å². The van der Waals surface area contributed by atoms with Crippen LogP contribution < -0.4 is 5.73 Å². The summed E-state index contributed by atoms with van der Waals surface area (Å²) in [6.07, 6.45) is 1.28. The molecule has 7 heteroatoms. The minimum absolute atomic E-state index is 0.0757. The van der Waals surface area contributed by atoms with Crippen molar-refractivity contribution in [3.63, 3.8) is 0 Å². The zero-order valence-corrected chi connectivity index (χ0v) is 12.8. The number of aliphatic hydroxyl groups excluding tert-OH is 1. The van der Waals surface area contributed by atoms with E-state index in [1.54, 1.807) is 11.1 Å². The largest absolute Gasteiger partial charge is 0.444 e. The number of aromatic nitrogens is 1. The molecule has 2 atom stereocenters. The molecular formula is C13H21N3O3S. The molecule has 0 aliphatic carbocycles. The minimum atomic E-state index is -0.757. The number of nitrogens with zero attached hydrogens (tertiary/aromatic N) is 2. The van der Waals surface area contributed by atoms with Crippen LogP contribution in [0.3, 0.4) is 0 Å². The van der Waals surface area contributed by atoms with E-state index in [0.717, 1.165) is 4.88 Å². The van der Waals surface area contributed by atoms with Gasteiger partial charge in [0.25, 0.3) is 0 Å². The highest BCUT2D eigenvalue weighted by Gasteiger charge is 2.48. The van der Waals surface area contributed by atoms with E-state index in [4.69, 9.17) is 10.5 Å². The molecule has 1 aliphatic rings. The van der Waals surface area contributed by atoms with Crippen LogP contribution in [-0.4, -0.2) is 45.8 Å². The first-order chi connectivity index (χ1) is 9.26. The van der Waals surface area contributed by atoms with Gasteiger partial charge in [0.1, 0.15) is 5.60 Å². The van der Waals surface area contributed by atoms with Gasteiger partial charge in [0.05, 0.1) is 5.54 Å². The Bertz CT molecular complexity index is 472. The molecule has 1 aliphatic heterocycles. The van der Waals surface area contributed by atoms with Gasteiger partial charge in [0.15, 0.2) is 0 Å². The van der Waals surface area contributed by atoms with Crippen molar-refractivity contribution in [3.8, 4) is 0 Å². The van der Waals surface area contributed by atoms with Crippen molar-refractivity contribution in [2.75, 3.05) is 19.7 Å². The first kappa shape index (κ1) is 15.2. The lowest BCUT2D eigenvalue weighted by atomic mass is 9.87. The molecule has 112 valence electrons. The Hall–Kier alpha value is -1.18. The molecule has 0 spiro atoms. The number of amides is 1. The topological polar surface area (TPSA) is 88.7 Å². The van der Waals surface area contributed by atoms with E-state index in [9.17, 15) is 9.90 Å². The van der Waals surface area contributed by atoms with Crippen LogP contribution in [0.25, 0.3) is 0 Å². The summed E-state index contributed by atoms with van der Waals surface area (Å²) in [5, 5.41) is 9.56. The van der Waals surface area contributed by atoms with Gasteiger partial charge in [-0.1, -0.05) is 0 Å². The number of nitrogens with two attached hydrogens (primary N) is 1. The second kappa shape index (κ2) is 5.31. The van der Waals surface area contributed by atoms with Crippen molar-refractivity contribution in [1.29, 1.82) is 0 Å². The Labute approximate surface area is 122 Å². The summed E-state index contributed by atoms with van der Waals surface area (Å²) in [7, 11) is 0. The predicted octanol–water partition coefficient (Wildman–Crippen LogP) is 1.16. The third-order valence-corrected chi connectivity index (χ3v) is 4.33. The molecule has 1 saturated heterocycles. The van der Waals surface area contributed by atoms with E-state index in [0.29, 0.717) is 13.1 Å². The first-order valence-electron chi connectivity index (χ1n) is 6.55. The lowest BCUT2D eigenvalue weighted by molar-refractivity contribution is 0.0279. The van der Waals surface area contributed by atoms with E-state index in [1.165, 1.54) is 11.5 Å². The van der Waals surface area contributed by atoms with E-state index in [1.807, 2.05) is 26.8 Å². The highest BCUT2D eigenvalue weighted by atomic mass is 32.1. The number of hydrogen-bond donors (Lipinski definition) is 2. The summed E-state index contributed by atoms with van der Waals surface area (Å²) in [6, 6.07) is 1.84. The molecular weight excluding hydrogens is 278 g/mol. The minimum Gasteiger partial charge on any atom is -0.444 e. The van der Waals surface area contributed by atoms with E-state index in [2.05, 4.69) is 4.37 Å². The highest BCUT2D eigenvalue weighted by molar-refractivity contribution is 7.05. The third-order valence-electron chi connectivity index (χ3n) is 3.39. The first-order valence-corrected chi connectivity index (χ1v) is 7.32. The van der Waals surface area contributed by atoms with Gasteiger partial charge >= 0.3 is 6.09 Å². The van der Waals surface area contributed by atoms with Crippen molar-refractivity contribution >= 4 is 17.6 Å². The number of carbonyl (C=O) groups excluding carboxylic acids is 1. The van der Waals surface area contributed by atoms with Crippen LogP contribution >= 0.6 is 11.5 Å². The number of likely N-dealkylation sites (tertiary alicyclic amines) is 1. The maximum Gasteiger partial charge on any atom is 0.410 e. The van der Waals surface area contributed by atoms with Crippen LogP contribution in [0.2, 0.25) is 0 Å². The Morgan fingerprint density at radius 1 is 1.70 bits per heavy atom. The molecule has 1 aromatic rings. The fourth-order valence-electron chi connectivity index (χ4n) is 2.36. The fourth-order valence-corrected chi connectivity index (χ4v) is 3.12. The molecule has 0 radical (unpaired) electrons. The lowest BCUT2D eigenvalue weighted by Gasteiger charge is -2.28. The van der Waals surface area contributed by atoms with Gasteiger partial charge in [0.2, 0.25) is 0 Å². The standard InChI is InChI=1S/C13H21N3O3S/c1-12(2,3)19-11(18)16-6-9(7-17)13(14,8-16)10-4-5-15-20-10/h4-5,9,17H,6-8,14H2,1-3H3. The summed E-state index contributed by atoms with van der Waals surface area (Å²) in [4.78, 5) is 14.6. The number of ether oxygens (including phenoxy) is 1. The summed E-state index contributed by atoms with van der Waals surface area (Å²) < 4.78 is 9.42. The molecule has 2 unspecified atom stereocenters. The maximum atomic E-state index is 12.1. The molecule has 1 fully saturated rings. The van der Waals surface area contributed by atoms with E-state index >= 15 is 0 Å². The molecule has 6 nitrogen and oxygen atoms in total. The van der Waals surface area contributed by atoms with Gasteiger partial charge in [-0.2, -0.15) is 0 Å². The van der Waals surface area contributed by atoms with Crippen LogP contribution in [0.5, 0.6) is 0 Å². The Morgan fingerprint density at radius 2 is 2.40 bits per heavy atom. The monoisotopic (exact) mass is 299 g/mol. The summed E-state index contributed by atoms with van der Waals surface area (Å²) in [6.45, 7) is 6.11. The average Bonchev–Trinajstić information content (AvgIpc) is 2.94. The molecule has 3 N–H and O–H groups in total. The van der Waals surface area contributed by atoms with Crippen molar-refractivity contribution < 1.29 is 14.6 Å². The number of aliphatic hydroxyl groups is 1. The lowest BCUT2D eigenvalue weighted by Crippen LogP contribution is -2.46. The quantitative estimate of drug-likeness (QED) is 0.855. The zero-order chi connectivity index (χ0) is 15.0. The molecule has 1 aromatic heterocycles.